The molecule has 1 aliphatic heterocycles. The normalized spacial score (nSPS) is 13.7. The molecule has 0 fully saturated rings. The van der Waals surface area contributed by atoms with Gasteiger partial charge in [0, 0.05) is 17.1 Å². The van der Waals surface area contributed by atoms with Gasteiger partial charge in [0.2, 0.25) is 6.79 Å². The fourth-order valence-electron chi connectivity index (χ4n) is 1.66. The molecule has 19 heavy (non-hydrogen) atoms. The zero-order valence-electron chi connectivity index (χ0n) is 10.5. The van der Waals surface area contributed by atoms with Crippen molar-refractivity contribution in [2.75, 3.05) is 12.2 Å². The molecule has 2 heterocycles. The summed E-state index contributed by atoms with van der Waals surface area (Å²) in [7, 11) is 0. The summed E-state index contributed by atoms with van der Waals surface area (Å²) in [5.74, 6) is 1.52. The van der Waals surface area contributed by atoms with Crippen LogP contribution in [0.25, 0.3) is 0 Å². The number of hydrogen-bond donors (Lipinski definition) is 1. The molecule has 98 valence electrons. The molecule has 0 saturated carbocycles. The molecule has 1 aliphatic rings. The number of aryl methyl sites for hydroxylation is 1. The summed E-state index contributed by atoms with van der Waals surface area (Å²) >= 11 is 1.28. The molecule has 0 amide bonds. The maximum atomic E-state index is 5.34. The molecule has 1 aromatic carbocycles. The molecule has 1 N–H and O–H groups in total. The predicted molar refractivity (Wildman–Crippen MR) is 73.0 cm³/mol. The topological polar surface area (TPSA) is 68.6 Å². The SMILES string of the molecule is C/C(=N/Nc1snnc1C)c1ccc2c(c1)OCO2. The smallest absolute Gasteiger partial charge is 0.231 e. The van der Waals surface area contributed by atoms with Gasteiger partial charge in [-0.15, -0.1) is 5.10 Å². The molecular formula is C12H12N4O2S. The zero-order chi connectivity index (χ0) is 13.2. The Morgan fingerprint density at radius 2 is 2.21 bits per heavy atom. The number of hydrogen-bond acceptors (Lipinski definition) is 7. The molecule has 0 atom stereocenters. The fourth-order valence-corrected chi connectivity index (χ4v) is 2.16. The van der Waals surface area contributed by atoms with Crippen molar-refractivity contribution in [1.82, 2.24) is 9.59 Å². The molecule has 0 spiro atoms. The number of nitrogens with zero attached hydrogens (tertiary/aromatic N) is 3. The van der Waals surface area contributed by atoms with Crippen molar-refractivity contribution in [3.8, 4) is 11.5 Å². The van der Waals surface area contributed by atoms with Gasteiger partial charge < -0.3 is 9.47 Å². The van der Waals surface area contributed by atoms with E-state index in [4.69, 9.17) is 9.47 Å². The fraction of sp³-hybridized carbons (Fsp3) is 0.250. The predicted octanol–water partition coefficient (Wildman–Crippen LogP) is 2.41. The third-order valence-corrected chi connectivity index (χ3v) is 3.50. The van der Waals surface area contributed by atoms with E-state index < -0.39 is 0 Å². The third kappa shape index (κ3) is 2.37. The second-order valence-electron chi connectivity index (χ2n) is 4.06. The van der Waals surface area contributed by atoms with Crippen LogP contribution in [0.1, 0.15) is 18.2 Å². The van der Waals surface area contributed by atoms with E-state index in [-0.39, 0.29) is 6.79 Å². The van der Waals surface area contributed by atoms with E-state index in [0.29, 0.717) is 0 Å². The summed E-state index contributed by atoms with van der Waals surface area (Å²) in [6.45, 7) is 4.09. The minimum atomic E-state index is 0.277. The Kier molecular flexibility index (Phi) is 3.04. The molecule has 6 nitrogen and oxygen atoms in total. The number of hydrazone groups is 1. The Morgan fingerprint density at radius 3 is 3.00 bits per heavy atom. The van der Waals surface area contributed by atoms with Gasteiger partial charge in [-0.2, -0.15) is 5.10 Å². The molecule has 3 rings (SSSR count). The van der Waals surface area contributed by atoms with E-state index in [1.807, 2.05) is 32.0 Å². The second-order valence-corrected chi connectivity index (χ2v) is 4.82. The number of benzene rings is 1. The highest BCUT2D eigenvalue weighted by Gasteiger charge is 2.14. The lowest BCUT2D eigenvalue weighted by molar-refractivity contribution is 0.174. The third-order valence-electron chi connectivity index (χ3n) is 2.77. The van der Waals surface area contributed by atoms with Gasteiger partial charge >= 0.3 is 0 Å². The van der Waals surface area contributed by atoms with Crippen LogP contribution in [0.3, 0.4) is 0 Å². The summed E-state index contributed by atoms with van der Waals surface area (Å²) < 4.78 is 14.5. The first-order valence-corrected chi connectivity index (χ1v) is 6.50. The Labute approximate surface area is 114 Å². The van der Waals surface area contributed by atoms with Crippen molar-refractivity contribution in [3.05, 3.63) is 29.5 Å². The lowest BCUT2D eigenvalue weighted by Gasteiger charge is -2.03. The zero-order valence-corrected chi connectivity index (χ0v) is 11.3. The highest BCUT2D eigenvalue weighted by atomic mass is 32.1. The molecule has 0 unspecified atom stereocenters. The van der Waals surface area contributed by atoms with Crippen LogP contribution < -0.4 is 14.9 Å². The standard InChI is InChI=1S/C12H12N4O2S/c1-7(13-15-12-8(2)14-16-19-12)9-3-4-10-11(5-9)18-6-17-10/h3-5,15H,6H2,1-2H3/b13-7-. The van der Waals surface area contributed by atoms with Crippen LogP contribution in [-0.4, -0.2) is 22.1 Å². The second kappa shape index (κ2) is 4.85. The first kappa shape index (κ1) is 11.9. The monoisotopic (exact) mass is 276 g/mol. The van der Waals surface area contributed by atoms with Crippen LogP contribution in [0, 0.1) is 6.92 Å². The highest BCUT2D eigenvalue weighted by molar-refractivity contribution is 7.10. The van der Waals surface area contributed by atoms with Crippen LogP contribution >= 0.6 is 11.5 Å². The lowest BCUT2D eigenvalue weighted by Crippen LogP contribution is -1.99. The van der Waals surface area contributed by atoms with Crippen molar-refractivity contribution in [2.45, 2.75) is 13.8 Å². The van der Waals surface area contributed by atoms with E-state index in [9.17, 15) is 0 Å². The molecule has 1 aromatic heterocycles. The van der Waals surface area contributed by atoms with Crippen LogP contribution in [-0.2, 0) is 0 Å². The largest absolute Gasteiger partial charge is 0.454 e. The van der Waals surface area contributed by atoms with Crippen LogP contribution in [0.4, 0.5) is 5.00 Å². The average Bonchev–Trinajstić information content (AvgIpc) is 3.03. The summed E-state index contributed by atoms with van der Waals surface area (Å²) in [4.78, 5) is 0. The summed E-state index contributed by atoms with van der Waals surface area (Å²) in [6, 6.07) is 5.75. The molecule has 0 bridgehead atoms. The van der Waals surface area contributed by atoms with Gasteiger partial charge in [0.1, 0.15) is 0 Å². The summed E-state index contributed by atoms with van der Waals surface area (Å²) in [6.07, 6.45) is 0. The molecule has 0 radical (unpaired) electrons. The van der Waals surface area contributed by atoms with Gasteiger partial charge in [-0.3, -0.25) is 5.43 Å². The van der Waals surface area contributed by atoms with Crippen molar-refractivity contribution >= 4 is 22.2 Å². The van der Waals surface area contributed by atoms with Crippen LogP contribution in [0.2, 0.25) is 0 Å². The average molecular weight is 276 g/mol. The van der Waals surface area contributed by atoms with E-state index in [1.165, 1.54) is 11.5 Å². The van der Waals surface area contributed by atoms with Crippen molar-refractivity contribution in [1.29, 1.82) is 0 Å². The van der Waals surface area contributed by atoms with Crippen molar-refractivity contribution < 1.29 is 9.47 Å². The Bertz CT molecular complexity index is 638. The quantitative estimate of drug-likeness (QED) is 0.688. The summed E-state index contributed by atoms with van der Waals surface area (Å²) in [5, 5.41) is 9.09. The summed E-state index contributed by atoms with van der Waals surface area (Å²) in [5.41, 5.74) is 5.64. The lowest BCUT2D eigenvalue weighted by atomic mass is 10.1. The van der Waals surface area contributed by atoms with Gasteiger partial charge in [0.05, 0.1) is 11.4 Å². The molecule has 0 saturated heterocycles. The van der Waals surface area contributed by atoms with Crippen molar-refractivity contribution in [2.24, 2.45) is 5.10 Å². The maximum absolute atomic E-state index is 5.34. The first-order chi connectivity index (χ1) is 9.24. The minimum absolute atomic E-state index is 0.277. The van der Waals surface area contributed by atoms with Crippen molar-refractivity contribution in [3.63, 3.8) is 0 Å². The Morgan fingerprint density at radius 1 is 1.37 bits per heavy atom. The number of fused-ring (bicyclic) bond motifs is 1. The number of ether oxygens (including phenoxy) is 2. The number of anilines is 1. The van der Waals surface area contributed by atoms with Crippen LogP contribution in [0.5, 0.6) is 11.5 Å². The van der Waals surface area contributed by atoms with Gasteiger partial charge in [-0.05, 0) is 32.0 Å². The molecule has 2 aromatic rings. The van der Waals surface area contributed by atoms with E-state index in [2.05, 4.69) is 20.1 Å². The number of rotatable bonds is 3. The van der Waals surface area contributed by atoms with E-state index in [0.717, 1.165) is 33.5 Å². The highest BCUT2D eigenvalue weighted by Crippen LogP contribution is 2.32. The minimum Gasteiger partial charge on any atom is -0.454 e. The van der Waals surface area contributed by atoms with Gasteiger partial charge in [0.25, 0.3) is 0 Å². The van der Waals surface area contributed by atoms with Gasteiger partial charge in [0.15, 0.2) is 16.5 Å². The van der Waals surface area contributed by atoms with E-state index in [1.54, 1.807) is 0 Å². The molecule has 0 aliphatic carbocycles. The Hall–Kier alpha value is -2.15. The maximum Gasteiger partial charge on any atom is 0.231 e. The molecule has 7 heteroatoms. The van der Waals surface area contributed by atoms with Gasteiger partial charge in [-0.25, -0.2) is 0 Å². The number of nitrogens with one attached hydrogen (secondary N) is 1. The Balaban J connectivity index is 1.80. The van der Waals surface area contributed by atoms with Gasteiger partial charge in [-0.1, -0.05) is 4.49 Å². The van der Waals surface area contributed by atoms with E-state index >= 15 is 0 Å². The number of aromatic nitrogens is 2. The first-order valence-electron chi connectivity index (χ1n) is 5.73. The van der Waals surface area contributed by atoms with Crippen LogP contribution in [0.15, 0.2) is 23.3 Å². The molecular weight excluding hydrogens is 264 g/mol.